The largest absolute Gasteiger partial charge is 0.399 e. The normalized spacial score (nSPS) is 11.5. The van der Waals surface area contributed by atoms with Crippen LogP contribution in [0, 0.1) is 0 Å². The summed E-state index contributed by atoms with van der Waals surface area (Å²) in [6, 6.07) is 4.20. The van der Waals surface area contributed by atoms with Gasteiger partial charge in [-0.25, -0.2) is 8.42 Å². The molecule has 6 nitrogen and oxygen atoms in total. The lowest BCUT2D eigenvalue weighted by Crippen LogP contribution is -2.13. The Labute approximate surface area is 119 Å². The Kier molecular flexibility index (Phi) is 3.93. The summed E-state index contributed by atoms with van der Waals surface area (Å²) in [6.45, 7) is 1.91. The molecule has 0 bridgehead atoms. The number of nitrogens with two attached hydrogens (primary N) is 1. The standard InChI is InChI=1S/C10H11ClN4O2S2/c1-2-9-13-14-10(18-9)15-19(16,17)8-4-3-6(12)5-7(8)11/h3-5H,2,12H2,1H3,(H,14,15). The zero-order chi connectivity index (χ0) is 14.0. The molecule has 9 heteroatoms. The van der Waals surface area contributed by atoms with Gasteiger partial charge in [0.2, 0.25) is 5.13 Å². The predicted molar refractivity (Wildman–Crippen MR) is 76.0 cm³/mol. The molecule has 3 N–H and O–H groups in total. The molecule has 0 amide bonds. The summed E-state index contributed by atoms with van der Waals surface area (Å²) in [7, 11) is -3.79. The fourth-order valence-electron chi connectivity index (χ4n) is 1.34. The zero-order valence-electron chi connectivity index (χ0n) is 9.92. The molecular formula is C10H11ClN4O2S2. The van der Waals surface area contributed by atoms with E-state index >= 15 is 0 Å². The minimum atomic E-state index is -3.79. The van der Waals surface area contributed by atoms with Crippen LogP contribution in [0.25, 0.3) is 0 Å². The fourth-order valence-corrected chi connectivity index (χ4v) is 3.81. The summed E-state index contributed by atoms with van der Waals surface area (Å²) >= 11 is 7.06. The first-order valence-electron chi connectivity index (χ1n) is 5.32. The molecule has 1 heterocycles. The molecule has 0 unspecified atom stereocenters. The minimum absolute atomic E-state index is 0.0448. The molecule has 0 aliphatic rings. The van der Waals surface area contributed by atoms with Crippen molar-refractivity contribution in [2.45, 2.75) is 18.2 Å². The third-order valence-electron chi connectivity index (χ3n) is 2.24. The summed E-state index contributed by atoms with van der Waals surface area (Å²) in [6.07, 6.45) is 0.696. The van der Waals surface area contributed by atoms with Gasteiger partial charge in [0.15, 0.2) is 0 Å². The Hall–Kier alpha value is -1.38. The molecule has 0 saturated carbocycles. The molecule has 0 radical (unpaired) electrons. The molecule has 0 spiro atoms. The second kappa shape index (κ2) is 5.32. The van der Waals surface area contributed by atoms with Gasteiger partial charge in [-0.15, -0.1) is 10.2 Å². The smallest absolute Gasteiger partial charge is 0.265 e. The van der Waals surface area contributed by atoms with E-state index in [0.29, 0.717) is 12.1 Å². The monoisotopic (exact) mass is 318 g/mol. The zero-order valence-corrected chi connectivity index (χ0v) is 12.3. The van der Waals surface area contributed by atoms with Crippen LogP contribution in [-0.4, -0.2) is 18.6 Å². The summed E-state index contributed by atoms with van der Waals surface area (Å²) < 4.78 is 26.6. The molecule has 2 aromatic rings. The Morgan fingerprint density at radius 2 is 2.16 bits per heavy atom. The van der Waals surface area contributed by atoms with E-state index in [9.17, 15) is 8.42 Å². The quantitative estimate of drug-likeness (QED) is 0.842. The van der Waals surface area contributed by atoms with Crippen LogP contribution in [0.15, 0.2) is 23.1 Å². The van der Waals surface area contributed by atoms with Crippen LogP contribution >= 0.6 is 22.9 Å². The number of hydrogen-bond donors (Lipinski definition) is 2. The lowest BCUT2D eigenvalue weighted by Gasteiger charge is -2.07. The molecule has 19 heavy (non-hydrogen) atoms. The van der Waals surface area contributed by atoms with Gasteiger partial charge in [0, 0.05) is 5.69 Å². The molecule has 0 aliphatic heterocycles. The van der Waals surface area contributed by atoms with E-state index in [1.807, 2.05) is 6.92 Å². The van der Waals surface area contributed by atoms with E-state index < -0.39 is 10.0 Å². The van der Waals surface area contributed by atoms with Crippen LogP contribution < -0.4 is 10.5 Å². The number of nitrogens with one attached hydrogen (secondary N) is 1. The predicted octanol–water partition coefficient (Wildman–Crippen LogP) is 2.14. The SMILES string of the molecule is CCc1nnc(NS(=O)(=O)c2ccc(N)cc2Cl)s1. The van der Waals surface area contributed by atoms with Crippen LogP contribution in [0.1, 0.15) is 11.9 Å². The fraction of sp³-hybridized carbons (Fsp3) is 0.200. The number of hydrogen-bond acceptors (Lipinski definition) is 6. The first-order valence-corrected chi connectivity index (χ1v) is 8.00. The van der Waals surface area contributed by atoms with E-state index in [4.69, 9.17) is 17.3 Å². The number of rotatable bonds is 4. The highest BCUT2D eigenvalue weighted by atomic mass is 35.5. The number of aryl methyl sites for hydroxylation is 1. The van der Waals surface area contributed by atoms with E-state index in [2.05, 4.69) is 14.9 Å². The maximum atomic E-state index is 12.1. The molecule has 1 aromatic carbocycles. The number of nitrogens with zero attached hydrogens (tertiary/aromatic N) is 2. The van der Waals surface area contributed by atoms with Gasteiger partial charge in [0.25, 0.3) is 10.0 Å². The average Bonchev–Trinajstić information content (AvgIpc) is 2.75. The van der Waals surface area contributed by atoms with E-state index in [0.717, 1.165) is 5.01 Å². The Morgan fingerprint density at radius 1 is 1.42 bits per heavy atom. The van der Waals surface area contributed by atoms with Crippen LogP contribution in [0.5, 0.6) is 0 Å². The first-order chi connectivity index (χ1) is 8.92. The Bertz CT molecular complexity index is 699. The van der Waals surface area contributed by atoms with Gasteiger partial charge >= 0.3 is 0 Å². The van der Waals surface area contributed by atoms with Crippen molar-refractivity contribution >= 4 is 43.8 Å². The lowest BCUT2D eigenvalue weighted by atomic mass is 10.3. The summed E-state index contributed by atoms with van der Waals surface area (Å²) in [5.74, 6) is 0. The third-order valence-corrected chi connectivity index (χ3v) is 5.17. The summed E-state index contributed by atoms with van der Waals surface area (Å²) in [5, 5.41) is 8.62. The van der Waals surface area contributed by atoms with Gasteiger partial charge in [-0.3, -0.25) is 4.72 Å². The molecule has 102 valence electrons. The highest BCUT2D eigenvalue weighted by Crippen LogP contribution is 2.26. The number of nitrogen functional groups attached to an aromatic ring is 1. The number of anilines is 2. The number of sulfonamides is 1. The Morgan fingerprint density at radius 3 is 2.74 bits per heavy atom. The van der Waals surface area contributed by atoms with Gasteiger partial charge in [-0.2, -0.15) is 0 Å². The second-order valence-corrected chi connectivity index (χ2v) is 6.77. The molecule has 0 fully saturated rings. The topological polar surface area (TPSA) is 98.0 Å². The van der Waals surface area contributed by atoms with Crippen molar-refractivity contribution in [1.82, 2.24) is 10.2 Å². The maximum Gasteiger partial charge on any atom is 0.265 e. The molecule has 0 atom stereocenters. The average molecular weight is 319 g/mol. The third kappa shape index (κ3) is 3.14. The van der Waals surface area contributed by atoms with E-state index in [1.54, 1.807) is 0 Å². The molecular weight excluding hydrogens is 308 g/mol. The lowest BCUT2D eigenvalue weighted by molar-refractivity contribution is 0.601. The van der Waals surface area contributed by atoms with Crippen molar-refractivity contribution in [3.05, 3.63) is 28.2 Å². The van der Waals surface area contributed by atoms with Gasteiger partial charge < -0.3 is 5.73 Å². The van der Waals surface area contributed by atoms with Crippen molar-refractivity contribution < 1.29 is 8.42 Å². The van der Waals surface area contributed by atoms with Gasteiger partial charge in [-0.1, -0.05) is 29.9 Å². The summed E-state index contributed by atoms with van der Waals surface area (Å²) in [4.78, 5) is -0.0448. The molecule has 0 saturated heterocycles. The first kappa shape index (κ1) is 14.0. The van der Waals surface area contributed by atoms with Gasteiger partial charge in [0.1, 0.15) is 9.90 Å². The van der Waals surface area contributed by atoms with Crippen molar-refractivity contribution in [1.29, 1.82) is 0 Å². The number of halogens is 1. The van der Waals surface area contributed by atoms with E-state index in [1.165, 1.54) is 29.5 Å². The number of aromatic nitrogens is 2. The Balaban J connectivity index is 2.32. The van der Waals surface area contributed by atoms with Crippen molar-refractivity contribution in [2.75, 3.05) is 10.5 Å². The van der Waals surface area contributed by atoms with Crippen LogP contribution in [0.3, 0.4) is 0 Å². The van der Waals surface area contributed by atoms with Crippen molar-refractivity contribution in [2.24, 2.45) is 0 Å². The highest BCUT2D eigenvalue weighted by molar-refractivity contribution is 7.93. The number of benzene rings is 1. The minimum Gasteiger partial charge on any atom is -0.399 e. The maximum absolute atomic E-state index is 12.1. The molecule has 2 rings (SSSR count). The van der Waals surface area contributed by atoms with Crippen LogP contribution in [-0.2, 0) is 16.4 Å². The van der Waals surface area contributed by atoms with E-state index in [-0.39, 0.29) is 15.0 Å². The van der Waals surface area contributed by atoms with Crippen LogP contribution in [0.4, 0.5) is 10.8 Å². The summed E-state index contributed by atoms with van der Waals surface area (Å²) in [5.41, 5.74) is 5.92. The van der Waals surface area contributed by atoms with Crippen molar-refractivity contribution in [3.8, 4) is 0 Å². The van der Waals surface area contributed by atoms with Gasteiger partial charge in [0.05, 0.1) is 5.02 Å². The molecule has 1 aromatic heterocycles. The van der Waals surface area contributed by atoms with Gasteiger partial charge in [-0.05, 0) is 24.6 Å². The molecule has 0 aliphatic carbocycles. The van der Waals surface area contributed by atoms with Crippen LogP contribution in [0.2, 0.25) is 5.02 Å². The van der Waals surface area contributed by atoms with Crippen molar-refractivity contribution in [3.63, 3.8) is 0 Å². The highest BCUT2D eigenvalue weighted by Gasteiger charge is 2.19. The second-order valence-electron chi connectivity index (χ2n) is 3.65.